The molecule has 1 atom stereocenters. The first-order valence-electron chi connectivity index (χ1n) is 11.7. The number of benzene rings is 1. The molecule has 0 aliphatic heterocycles. The number of aromatic nitrogens is 3. The fourth-order valence-electron chi connectivity index (χ4n) is 2.12. The van der Waals surface area contributed by atoms with Gasteiger partial charge in [-0.1, -0.05) is 0 Å². The molecule has 0 bridgehead atoms. The van der Waals surface area contributed by atoms with E-state index >= 15 is 0 Å². The summed E-state index contributed by atoms with van der Waals surface area (Å²) in [5.41, 5.74) is -0.816. The second-order valence-corrected chi connectivity index (χ2v) is 6.13. The molecule has 6 nitrogen and oxygen atoms in total. The molecule has 0 saturated heterocycles. The molecule has 126 valence electrons. The maximum Gasteiger partial charge on any atom is 0.197 e. The van der Waals surface area contributed by atoms with Gasteiger partial charge in [-0.2, -0.15) is 0 Å². The van der Waals surface area contributed by atoms with Crippen molar-refractivity contribution in [2.45, 2.75) is 24.6 Å². The van der Waals surface area contributed by atoms with Crippen LogP contribution in [0.3, 0.4) is 0 Å². The monoisotopic (exact) mass is 355 g/mol. The van der Waals surface area contributed by atoms with E-state index in [1.807, 2.05) is 0 Å². The average molecular weight is 355 g/mol. The van der Waals surface area contributed by atoms with Gasteiger partial charge in [0.15, 0.2) is 5.16 Å². The smallest absolute Gasteiger partial charge is 0.197 e. The van der Waals surface area contributed by atoms with E-state index in [9.17, 15) is 4.21 Å². The predicted octanol–water partition coefficient (Wildman–Crippen LogP) is 2.90. The van der Waals surface area contributed by atoms with Crippen LogP contribution in [0.25, 0.3) is 11.0 Å². The van der Waals surface area contributed by atoms with E-state index in [0.29, 0.717) is 11.0 Å². The highest BCUT2D eigenvalue weighted by Gasteiger charge is 2.16. The van der Waals surface area contributed by atoms with Crippen LogP contribution >= 0.6 is 0 Å². The van der Waals surface area contributed by atoms with Gasteiger partial charge in [-0.25, -0.2) is 4.98 Å². The molecule has 2 heterocycles. The van der Waals surface area contributed by atoms with Crippen molar-refractivity contribution in [3.8, 4) is 11.5 Å². The van der Waals surface area contributed by atoms with Crippen molar-refractivity contribution >= 4 is 21.8 Å². The molecule has 0 radical (unpaired) electrons. The maximum absolute atomic E-state index is 13.0. The van der Waals surface area contributed by atoms with Crippen molar-refractivity contribution in [1.29, 1.82) is 0 Å². The number of pyridine rings is 1. The minimum Gasteiger partial charge on any atom is -0.497 e. The summed E-state index contributed by atoms with van der Waals surface area (Å²) in [5, 5.41) is -0.0651. The number of hydrogen-bond donors (Lipinski definition) is 1. The maximum atomic E-state index is 13.0. The van der Waals surface area contributed by atoms with Crippen molar-refractivity contribution in [2.24, 2.45) is 0 Å². The van der Waals surface area contributed by atoms with Crippen LogP contribution in [0.2, 0.25) is 0 Å². The van der Waals surface area contributed by atoms with E-state index in [0.717, 1.165) is 7.11 Å². The molecule has 3 rings (SSSR count). The molecule has 0 aliphatic rings. The first-order valence-corrected chi connectivity index (χ1v) is 7.99. The number of aromatic amines is 1. The van der Waals surface area contributed by atoms with Crippen LogP contribution in [-0.2, 0) is 16.6 Å². The first-order chi connectivity index (χ1) is 15.5. The van der Waals surface area contributed by atoms with Crippen molar-refractivity contribution in [3.63, 3.8) is 0 Å². The molecular weight excluding hydrogens is 326 g/mol. The third-order valence-corrected chi connectivity index (χ3v) is 4.44. The van der Waals surface area contributed by atoms with E-state index in [1.54, 1.807) is 0 Å². The zero-order chi connectivity index (χ0) is 25.6. The first kappa shape index (κ1) is 8.11. The molecule has 0 spiro atoms. The lowest BCUT2D eigenvalue weighted by atomic mass is 10.1. The Bertz CT molecular complexity index is 1250. The van der Waals surface area contributed by atoms with Crippen LogP contribution in [0.4, 0.5) is 0 Å². The van der Waals surface area contributed by atoms with E-state index in [4.69, 9.17) is 23.2 Å². The highest BCUT2D eigenvalue weighted by atomic mass is 32.2. The number of ether oxygens (including phenoxy) is 2. The second kappa shape index (κ2) is 6.60. The summed E-state index contributed by atoms with van der Waals surface area (Å²) >= 11 is 0. The molecule has 0 fully saturated rings. The Hall–Kier alpha value is -2.41. The van der Waals surface area contributed by atoms with Gasteiger partial charge in [0.25, 0.3) is 0 Å². The van der Waals surface area contributed by atoms with E-state index < -0.39 is 60.3 Å². The Balaban J connectivity index is 2.04. The van der Waals surface area contributed by atoms with Crippen molar-refractivity contribution in [3.05, 3.63) is 41.2 Å². The molecular formula is C17H19N3O3S. The van der Waals surface area contributed by atoms with Gasteiger partial charge < -0.3 is 14.5 Å². The Morgan fingerprint density at radius 3 is 3.04 bits per heavy atom. The van der Waals surface area contributed by atoms with Crippen LogP contribution in [0.1, 0.15) is 30.5 Å². The highest BCUT2D eigenvalue weighted by molar-refractivity contribution is 7.84. The predicted molar refractivity (Wildman–Crippen MR) is 93.0 cm³/mol. The van der Waals surface area contributed by atoms with Gasteiger partial charge in [-0.3, -0.25) is 9.19 Å². The topological polar surface area (TPSA) is 77.1 Å². The number of nitrogens with one attached hydrogen (secondary N) is 1. The SMILES string of the molecule is [2H]c1nc(C[S@](=O)c2nc3ccc(OC([2H])([2H])[2H])cc3[nH]2)c(C([2H])([2H])[2H])c(OC)c1C([2H])([2H])[2H]. The van der Waals surface area contributed by atoms with Crippen LogP contribution in [0.15, 0.2) is 29.5 Å². The largest absolute Gasteiger partial charge is 0.497 e. The summed E-state index contributed by atoms with van der Waals surface area (Å²) in [6.45, 7) is -5.73. The molecule has 0 unspecified atom stereocenters. The van der Waals surface area contributed by atoms with E-state index in [-0.39, 0.29) is 16.6 Å². The summed E-state index contributed by atoms with van der Waals surface area (Å²) in [6.07, 6.45) is -0.715. The third kappa shape index (κ3) is 2.99. The molecule has 1 N–H and O–H groups in total. The minimum absolute atomic E-state index is 0.0312. The number of methoxy groups -OCH3 is 2. The fraction of sp³-hybridized carbons (Fsp3) is 0.294. The van der Waals surface area contributed by atoms with Crippen molar-refractivity contribution < 1.29 is 27.4 Å². The zero-order valence-electron chi connectivity index (χ0n) is 22.5. The van der Waals surface area contributed by atoms with Gasteiger partial charge in [0.1, 0.15) is 11.5 Å². The van der Waals surface area contributed by atoms with Gasteiger partial charge in [-0.15, -0.1) is 0 Å². The molecule has 0 saturated carbocycles. The summed E-state index contributed by atoms with van der Waals surface area (Å²) in [5.74, 6) is -0.998. The molecule has 3 aromatic rings. The highest BCUT2D eigenvalue weighted by Crippen LogP contribution is 2.26. The number of imidazole rings is 1. The number of H-pyrrole nitrogens is 1. The number of hydrogen-bond acceptors (Lipinski definition) is 5. The fourth-order valence-corrected chi connectivity index (χ4v) is 3.14. The Morgan fingerprint density at radius 2 is 2.29 bits per heavy atom. The zero-order valence-corrected chi connectivity index (χ0v) is 13.3. The van der Waals surface area contributed by atoms with Crippen LogP contribution in [-0.4, -0.2) is 33.3 Å². The summed E-state index contributed by atoms with van der Waals surface area (Å²) in [6, 6.07) is 4.19. The van der Waals surface area contributed by atoms with Gasteiger partial charge >= 0.3 is 0 Å². The molecule has 0 aliphatic carbocycles. The molecule has 7 heteroatoms. The van der Waals surface area contributed by atoms with Gasteiger partial charge in [0.05, 0.1) is 52.9 Å². The molecule has 0 amide bonds. The lowest BCUT2D eigenvalue weighted by Gasteiger charge is -2.11. The van der Waals surface area contributed by atoms with Crippen LogP contribution in [0, 0.1) is 13.7 Å². The second-order valence-electron chi connectivity index (χ2n) is 4.77. The van der Waals surface area contributed by atoms with Crippen molar-refractivity contribution in [2.75, 3.05) is 14.1 Å². The lowest BCUT2D eigenvalue weighted by Crippen LogP contribution is -2.05. The summed E-state index contributed by atoms with van der Waals surface area (Å²) < 4.78 is 98.9. The number of fused-ring (bicyclic) bond motifs is 1. The number of rotatable bonds is 5. The average Bonchev–Trinajstić information content (AvgIpc) is 3.07. The standard InChI is InChI=1S/C17H19N3O3S/c1-10-8-18-15(11(2)16(10)23-4)9-24(21)17-19-13-6-5-12(22-3)7-14(13)20-17/h5-8H,9H2,1-4H3,(H,19,20)/t24-/m0/s1/i1D3,2D3,3D3,8D. The molecule has 2 aromatic heterocycles. The van der Waals surface area contributed by atoms with Crippen LogP contribution in [0.5, 0.6) is 11.5 Å². The summed E-state index contributed by atoms with van der Waals surface area (Å²) in [7, 11) is -3.58. The normalized spacial score (nSPS) is 20.0. The Kier molecular flexibility index (Phi) is 2.23. The van der Waals surface area contributed by atoms with E-state index in [1.165, 1.54) is 18.2 Å². The quantitative estimate of drug-likeness (QED) is 0.761. The molecule has 24 heavy (non-hydrogen) atoms. The number of nitrogens with zero attached hydrogens (tertiary/aromatic N) is 2. The van der Waals surface area contributed by atoms with Crippen LogP contribution < -0.4 is 9.47 Å². The minimum atomic E-state index is -2.87. The van der Waals surface area contributed by atoms with E-state index in [2.05, 4.69) is 15.0 Å². The Labute approximate surface area is 156 Å². The lowest BCUT2D eigenvalue weighted by molar-refractivity contribution is 0.407. The van der Waals surface area contributed by atoms with Gasteiger partial charge in [-0.05, 0) is 25.8 Å². The third-order valence-electron chi connectivity index (χ3n) is 3.28. The van der Waals surface area contributed by atoms with Crippen molar-refractivity contribution in [1.82, 2.24) is 15.0 Å². The van der Waals surface area contributed by atoms with Gasteiger partial charge in [0.2, 0.25) is 0 Å². The van der Waals surface area contributed by atoms with Gasteiger partial charge in [0, 0.05) is 31.6 Å². The Morgan fingerprint density at radius 1 is 1.38 bits per heavy atom. The molecule has 1 aromatic carbocycles. The summed E-state index contributed by atoms with van der Waals surface area (Å²) in [4.78, 5) is 10.8.